The Balaban J connectivity index is 2.39. The summed E-state index contributed by atoms with van der Waals surface area (Å²) in [4.78, 5) is 4.95. The summed E-state index contributed by atoms with van der Waals surface area (Å²) in [5.74, 6) is 0.319. The summed E-state index contributed by atoms with van der Waals surface area (Å²) in [7, 11) is 0. The lowest BCUT2D eigenvalue weighted by Crippen LogP contribution is -2.50. The van der Waals surface area contributed by atoms with E-state index in [1.165, 1.54) is 0 Å². The van der Waals surface area contributed by atoms with Crippen molar-refractivity contribution in [1.29, 1.82) is 5.41 Å². The largest absolute Gasteiger partial charge is 0.388 e. The number of nitrogens with one attached hydrogen (secondary N) is 1. The average molecular weight is 212 g/mol. The minimum atomic E-state index is 0.319. The Hall–Kier alpha value is -0.610. The third-order valence-corrected chi connectivity index (χ3v) is 3.30. The monoisotopic (exact) mass is 212 g/mol. The van der Waals surface area contributed by atoms with Gasteiger partial charge in [0.05, 0.1) is 5.84 Å². The Labute approximate surface area is 92.9 Å². The third kappa shape index (κ3) is 3.80. The Morgan fingerprint density at radius 2 is 1.87 bits per heavy atom. The molecule has 1 atom stereocenters. The second kappa shape index (κ2) is 6.08. The quantitative estimate of drug-likeness (QED) is 0.522. The van der Waals surface area contributed by atoms with E-state index in [2.05, 4.69) is 23.6 Å². The van der Waals surface area contributed by atoms with Crippen molar-refractivity contribution in [3.05, 3.63) is 0 Å². The van der Waals surface area contributed by atoms with Crippen LogP contribution in [0.2, 0.25) is 0 Å². The smallest absolute Gasteiger partial charge is 0.0921 e. The maximum Gasteiger partial charge on any atom is 0.0921 e. The van der Waals surface area contributed by atoms with Crippen LogP contribution >= 0.6 is 0 Å². The lowest BCUT2D eigenvalue weighted by Gasteiger charge is -2.38. The van der Waals surface area contributed by atoms with Crippen molar-refractivity contribution < 1.29 is 0 Å². The van der Waals surface area contributed by atoms with E-state index in [1.54, 1.807) is 0 Å². The van der Waals surface area contributed by atoms with Gasteiger partial charge in [-0.25, -0.2) is 0 Å². The van der Waals surface area contributed by atoms with Crippen LogP contribution in [0.3, 0.4) is 0 Å². The molecule has 1 saturated heterocycles. The Kier molecular flexibility index (Phi) is 5.05. The molecule has 1 heterocycles. The first-order valence-electron chi connectivity index (χ1n) is 5.96. The van der Waals surface area contributed by atoms with Crippen LogP contribution in [0.25, 0.3) is 0 Å². The van der Waals surface area contributed by atoms with Gasteiger partial charge in [-0.15, -0.1) is 0 Å². The maximum atomic E-state index is 7.36. The molecule has 15 heavy (non-hydrogen) atoms. The van der Waals surface area contributed by atoms with Crippen LogP contribution in [0.5, 0.6) is 0 Å². The molecule has 88 valence electrons. The minimum absolute atomic E-state index is 0.319. The van der Waals surface area contributed by atoms with E-state index >= 15 is 0 Å². The molecule has 4 heteroatoms. The van der Waals surface area contributed by atoms with Gasteiger partial charge in [-0.3, -0.25) is 10.3 Å². The van der Waals surface area contributed by atoms with Crippen molar-refractivity contribution in [2.75, 3.05) is 32.7 Å². The molecule has 1 fully saturated rings. The lowest BCUT2D eigenvalue weighted by molar-refractivity contribution is 0.0996. The van der Waals surface area contributed by atoms with Gasteiger partial charge in [-0.05, 0) is 13.0 Å². The van der Waals surface area contributed by atoms with Crippen molar-refractivity contribution in [2.45, 2.75) is 32.7 Å². The van der Waals surface area contributed by atoms with Crippen LogP contribution in [0.1, 0.15) is 26.7 Å². The van der Waals surface area contributed by atoms with Gasteiger partial charge in [-0.1, -0.05) is 13.8 Å². The molecule has 1 aliphatic heterocycles. The molecule has 0 bridgehead atoms. The van der Waals surface area contributed by atoms with Crippen LogP contribution in [0, 0.1) is 5.41 Å². The topological polar surface area (TPSA) is 56.4 Å². The number of hydrogen-bond acceptors (Lipinski definition) is 3. The zero-order chi connectivity index (χ0) is 11.3. The van der Waals surface area contributed by atoms with Gasteiger partial charge >= 0.3 is 0 Å². The van der Waals surface area contributed by atoms with Crippen molar-refractivity contribution in [3.63, 3.8) is 0 Å². The molecule has 0 spiro atoms. The fraction of sp³-hybridized carbons (Fsp3) is 0.909. The summed E-state index contributed by atoms with van der Waals surface area (Å²) in [5, 5.41) is 7.36. The molecule has 4 nitrogen and oxygen atoms in total. The first kappa shape index (κ1) is 12.5. The molecule has 1 unspecified atom stereocenters. The zero-order valence-corrected chi connectivity index (χ0v) is 10.00. The van der Waals surface area contributed by atoms with E-state index in [0.717, 1.165) is 45.6 Å². The molecule has 1 aliphatic rings. The summed E-state index contributed by atoms with van der Waals surface area (Å²) in [6.45, 7) is 10.1. The molecular formula is C11H24N4. The molecular weight excluding hydrogens is 188 g/mol. The molecule has 1 rings (SSSR count). The highest BCUT2D eigenvalue weighted by atomic mass is 15.3. The van der Waals surface area contributed by atoms with Gasteiger partial charge in [0.15, 0.2) is 0 Å². The summed E-state index contributed by atoms with van der Waals surface area (Å²) in [6.07, 6.45) is 1.81. The Morgan fingerprint density at radius 3 is 2.27 bits per heavy atom. The molecule has 0 amide bonds. The molecule has 0 aromatic heterocycles. The van der Waals surface area contributed by atoms with E-state index in [-0.39, 0.29) is 0 Å². The van der Waals surface area contributed by atoms with E-state index < -0.39 is 0 Å². The fourth-order valence-electron chi connectivity index (χ4n) is 2.23. The first-order valence-corrected chi connectivity index (χ1v) is 5.96. The SMILES string of the molecule is CCC(CC(=N)N)N1CCN(CC)CC1. The average Bonchev–Trinajstić information content (AvgIpc) is 2.26. The number of hydrogen-bond donors (Lipinski definition) is 2. The summed E-state index contributed by atoms with van der Waals surface area (Å²) in [6, 6.07) is 0.474. The highest BCUT2D eigenvalue weighted by molar-refractivity contribution is 5.77. The van der Waals surface area contributed by atoms with Crippen LogP contribution < -0.4 is 5.73 Å². The molecule has 0 aromatic carbocycles. The van der Waals surface area contributed by atoms with Gasteiger partial charge in [0, 0.05) is 38.6 Å². The summed E-state index contributed by atoms with van der Waals surface area (Å²) in [5.41, 5.74) is 5.48. The molecule has 0 aromatic rings. The summed E-state index contributed by atoms with van der Waals surface area (Å²) >= 11 is 0. The fourth-order valence-corrected chi connectivity index (χ4v) is 2.23. The first-order chi connectivity index (χ1) is 7.17. The lowest BCUT2D eigenvalue weighted by atomic mass is 10.1. The van der Waals surface area contributed by atoms with Gasteiger partial charge < -0.3 is 10.6 Å². The summed E-state index contributed by atoms with van der Waals surface area (Å²) < 4.78 is 0. The molecule has 0 radical (unpaired) electrons. The predicted octanol–water partition coefficient (Wildman–Crippen LogP) is 0.729. The van der Waals surface area contributed by atoms with Crippen molar-refractivity contribution in [2.24, 2.45) is 5.73 Å². The number of nitrogens with two attached hydrogens (primary N) is 1. The van der Waals surface area contributed by atoms with Gasteiger partial charge in [0.1, 0.15) is 0 Å². The predicted molar refractivity (Wildman–Crippen MR) is 64.3 cm³/mol. The van der Waals surface area contributed by atoms with E-state index in [0.29, 0.717) is 11.9 Å². The number of piperazine rings is 1. The molecule has 3 N–H and O–H groups in total. The Bertz CT molecular complexity index is 197. The third-order valence-electron chi connectivity index (χ3n) is 3.30. The van der Waals surface area contributed by atoms with E-state index in [1.807, 2.05) is 0 Å². The van der Waals surface area contributed by atoms with Crippen LogP contribution in [-0.4, -0.2) is 54.4 Å². The Morgan fingerprint density at radius 1 is 1.27 bits per heavy atom. The van der Waals surface area contributed by atoms with Crippen LogP contribution in [0.15, 0.2) is 0 Å². The minimum Gasteiger partial charge on any atom is -0.388 e. The van der Waals surface area contributed by atoms with Crippen molar-refractivity contribution >= 4 is 5.84 Å². The highest BCUT2D eigenvalue weighted by Crippen LogP contribution is 2.11. The molecule has 0 saturated carbocycles. The zero-order valence-electron chi connectivity index (χ0n) is 10.00. The number of amidine groups is 1. The maximum absolute atomic E-state index is 7.36. The normalized spacial score (nSPS) is 21.5. The van der Waals surface area contributed by atoms with Crippen LogP contribution in [0.4, 0.5) is 0 Å². The van der Waals surface area contributed by atoms with Gasteiger partial charge in [-0.2, -0.15) is 0 Å². The van der Waals surface area contributed by atoms with Gasteiger partial charge in [0.2, 0.25) is 0 Å². The van der Waals surface area contributed by atoms with Crippen molar-refractivity contribution in [3.8, 4) is 0 Å². The van der Waals surface area contributed by atoms with Crippen LogP contribution in [-0.2, 0) is 0 Å². The second-order valence-electron chi connectivity index (χ2n) is 4.26. The number of likely N-dealkylation sites (N-methyl/N-ethyl adjacent to an activating group) is 1. The van der Waals surface area contributed by atoms with Gasteiger partial charge in [0.25, 0.3) is 0 Å². The number of nitrogens with zero attached hydrogens (tertiary/aromatic N) is 2. The number of rotatable bonds is 5. The highest BCUT2D eigenvalue weighted by Gasteiger charge is 2.22. The van der Waals surface area contributed by atoms with Crippen molar-refractivity contribution in [1.82, 2.24) is 9.80 Å². The van der Waals surface area contributed by atoms with E-state index in [4.69, 9.17) is 11.1 Å². The molecule has 0 aliphatic carbocycles. The van der Waals surface area contributed by atoms with E-state index in [9.17, 15) is 0 Å². The standard InChI is InChI=1S/C11H24N4/c1-3-10(9-11(12)13)15-7-5-14(4-2)6-8-15/h10H,3-9H2,1-2H3,(H3,12,13). The second-order valence-corrected chi connectivity index (χ2v) is 4.26.